The summed E-state index contributed by atoms with van der Waals surface area (Å²) in [6, 6.07) is 15.0. The zero-order chi connectivity index (χ0) is 34.2. The molecule has 49 heavy (non-hydrogen) atoms. The van der Waals surface area contributed by atoms with E-state index in [0.29, 0.717) is 68.8 Å². The molecular weight excluding hydrogens is 650 g/mol. The van der Waals surface area contributed by atoms with Crippen molar-refractivity contribution in [3.8, 4) is 28.2 Å². The van der Waals surface area contributed by atoms with Crippen molar-refractivity contribution in [3.63, 3.8) is 0 Å². The molecule has 1 aliphatic carbocycles. The van der Waals surface area contributed by atoms with Crippen molar-refractivity contribution in [2.75, 3.05) is 39.0 Å². The van der Waals surface area contributed by atoms with E-state index in [4.69, 9.17) is 41.3 Å². The van der Waals surface area contributed by atoms with E-state index in [1.54, 1.807) is 50.9 Å². The van der Waals surface area contributed by atoms with E-state index in [2.05, 4.69) is 25.6 Å². The van der Waals surface area contributed by atoms with Gasteiger partial charge < -0.3 is 39.7 Å². The number of hydrogen-bond donors (Lipinski definition) is 3. The molecule has 2 aliphatic heterocycles. The molecule has 1 unspecified atom stereocenters. The Labute approximate surface area is 284 Å². The number of nitrogens with two attached hydrogens (primary N) is 1. The summed E-state index contributed by atoms with van der Waals surface area (Å²) < 4.78 is 30.3. The Hall–Kier alpha value is -5.64. The van der Waals surface area contributed by atoms with Crippen LogP contribution in [0.2, 0.25) is 0 Å². The van der Waals surface area contributed by atoms with Crippen molar-refractivity contribution in [2.45, 2.75) is 24.8 Å². The van der Waals surface area contributed by atoms with Crippen LogP contribution in [-0.4, -0.2) is 70.7 Å². The van der Waals surface area contributed by atoms with Crippen molar-refractivity contribution in [3.05, 3.63) is 83.0 Å². The quantitative estimate of drug-likeness (QED) is 0.117. The highest BCUT2D eigenvalue weighted by molar-refractivity contribution is 7.80. The van der Waals surface area contributed by atoms with Crippen LogP contribution in [0.1, 0.15) is 23.0 Å². The zero-order valence-electron chi connectivity index (χ0n) is 26.6. The maximum atomic E-state index is 13.3. The monoisotopic (exact) mass is 681 g/mol. The van der Waals surface area contributed by atoms with Crippen molar-refractivity contribution in [1.29, 1.82) is 0 Å². The first-order valence-corrected chi connectivity index (χ1v) is 15.6. The number of ether oxygens (including phenoxy) is 4. The molecule has 14 nitrogen and oxygen atoms in total. The third-order valence-electron chi connectivity index (χ3n) is 8.43. The Bertz CT molecular complexity index is 2250. The lowest BCUT2D eigenvalue weighted by Gasteiger charge is -2.21. The summed E-state index contributed by atoms with van der Waals surface area (Å²) in [4.78, 5) is 38.3. The minimum absolute atomic E-state index is 0.207. The topological polar surface area (TPSA) is 178 Å². The lowest BCUT2D eigenvalue weighted by atomic mass is 9.90. The average Bonchev–Trinajstić information content (AvgIpc) is 3.71. The summed E-state index contributed by atoms with van der Waals surface area (Å²) in [6.07, 6.45) is 2.77. The summed E-state index contributed by atoms with van der Waals surface area (Å²) in [5.74, 6) is 0.678. The second kappa shape index (κ2) is 13.1. The highest BCUT2D eigenvalue weighted by atomic mass is 32.1. The van der Waals surface area contributed by atoms with Gasteiger partial charge in [-0.2, -0.15) is 0 Å². The van der Waals surface area contributed by atoms with E-state index in [-0.39, 0.29) is 29.0 Å². The fourth-order valence-electron chi connectivity index (χ4n) is 6.18. The van der Waals surface area contributed by atoms with E-state index in [0.717, 1.165) is 5.39 Å². The summed E-state index contributed by atoms with van der Waals surface area (Å²) in [5, 5.41) is 7.57. The number of nitrogens with zero attached hydrogens (tertiary/aromatic N) is 4. The Morgan fingerprint density at radius 3 is 2.69 bits per heavy atom. The van der Waals surface area contributed by atoms with Crippen LogP contribution in [0.4, 0.5) is 11.5 Å². The highest BCUT2D eigenvalue weighted by Crippen LogP contribution is 2.42. The lowest BCUT2D eigenvalue weighted by Crippen LogP contribution is -2.44. The number of thiocarbonyl (C=S) groups is 1. The van der Waals surface area contributed by atoms with Gasteiger partial charge >= 0.3 is 5.97 Å². The number of carbonyl (C=O) groups is 1. The Kier molecular flexibility index (Phi) is 8.54. The third-order valence-corrected chi connectivity index (χ3v) is 8.65. The summed E-state index contributed by atoms with van der Waals surface area (Å²) in [6.45, 7) is 0.312. The number of aromatic nitrogens is 4. The molecule has 4 N–H and O–H groups in total. The van der Waals surface area contributed by atoms with Gasteiger partial charge in [0.25, 0.3) is 0 Å². The number of carbonyl (C=O) groups excluding carboxylic acids is 1. The molecule has 7 rings (SSSR count). The van der Waals surface area contributed by atoms with Crippen molar-refractivity contribution in [2.24, 2.45) is 0 Å². The third kappa shape index (κ3) is 5.99. The van der Waals surface area contributed by atoms with Gasteiger partial charge in [-0.05, 0) is 54.2 Å². The minimum Gasteiger partial charge on any atom is -0.497 e. The number of anilines is 2. The molecule has 0 bridgehead atoms. The zero-order valence-corrected chi connectivity index (χ0v) is 27.4. The van der Waals surface area contributed by atoms with Gasteiger partial charge in [-0.25, -0.2) is 19.7 Å². The van der Waals surface area contributed by atoms with Gasteiger partial charge in [-0.15, -0.1) is 0 Å². The second-order valence-corrected chi connectivity index (χ2v) is 11.8. The number of imidazole rings is 1. The Morgan fingerprint density at radius 2 is 1.90 bits per heavy atom. The van der Waals surface area contributed by atoms with Crippen LogP contribution in [0.15, 0.2) is 76.5 Å². The van der Waals surface area contributed by atoms with Crippen molar-refractivity contribution >= 4 is 56.9 Å². The molecule has 250 valence electrons. The van der Waals surface area contributed by atoms with Gasteiger partial charge in [0.1, 0.15) is 41.3 Å². The predicted octanol–water partition coefficient (Wildman–Crippen LogP) is 4.37. The number of rotatable bonds is 8. The predicted molar refractivity (Wildman–Crippen MR) is 186 cm³/mol. The van der Waals surface area contributed by atoms with E-state index >= 15 is 0 Å². The SMILES string of the molecule is COC[C@H]1OC(n2cnc3c(N)ncnc32)C[C@@H]1NC(=S)Nc1ccc(-c2c3ccc(=O)cc-3oc3cc(OC)ccc23)c(C(=O)OC)c1. The fraction of sp³-hybridized carbons (Fsp3) is 0.235. The smallest absolute Gasteiger partial charge is 0.338 e. The second-order valence-electron chi connectivity index (χ2n) is 11.4. The molecule has 0 saturated carbocycles. The van der Waals surface area contributed by atoms with Crippen LogP contribution in [0.3, 0.4) is 0 Å². The Morgan fingerprint density at radius 1 is 1.06 bits per heavy atom. The number of fused-ring (bicyclic) bond motifs is 3. The van der Waals surface area contributed by atoms with Crippen molar-refractivity contribution in [1.82, 2.24) is 24.8 Å². The van der Waals surface area contributed by atoms with Crippen LogP contribution in [0.5, 0.6) is 5.75 Å². The molecule has 1 saturated heterocycles. The molecule has 0 amide bonds. The largest absolute Gasteiger partial charge is 0.497 e. The standard InChI is InChI=1S/C34H31N7O7S/c1-44-14-27-24(13-28(48-27)41-16-38-30-31(35)36-15-37-32(30)41)40-34(49)39-17-4-7-20(23(10-17)33(43)46-3)29-21-8-5-18(42)11-25(21)47-26-12-19(45-2)6-9-22(26)29/h4-12,15-16,24,27-28H,13-14H2,1-3H3,(H2,35,36,37)(H2,39,40,49)/t24-,27+,28?/m0/s1. The normalized spacial score (nSPS) is 17.4. The van der Waals surface area contributed by atoms with Gasteiger partial charge in [0.2, 0.25) is 0 Å². The number of nitrogens with one attached hydrogen (secondary N) is 2. The lowest BCUT2D eigenvalue weighted by molar-refractivity contribution is -0.0337. The molecule has 2 aromatic carbocycles. The number of methoxy groups -OCH3 is 3. The summed E-state index contributed by atoms with van der Waals surface area (Å²) in [7, 11) is 4.48. The number of benzene rings is 3. The molecule has 15 heteroatoms. The maximum absolute atomic E-state index is 13.3. The molecule has 1 fully saturated rings. The minimum atomic E-state index is -0.558. The summed E-state index contributed by atoms with van der Waals surface area (Å²) >= 11 is 5.72. The Balaban J connectivity index is 1.19. The first-order valence-electron chi connectivity index (χ1n) is 15.2. The van der Waals surface area contributed by atoms with Gasteiger partial charge in [0, 0.05) is 47.9 Å². The van der Waals surface area contributed by atoms with Crippen LogP contribution >= 0.6 is 12.2 Å². The van der Waals surface area contributed by atoms with E-state index in [9.17, 15) is 9.59 Å². The van der Waals surface area contributed by atoms with Gasteiger partial charge in [-0.3, -0.25) is 9.36 Å². The van der Waals surface area contributed by atoms with Crippen LogP contribution in [0, 0.1) is 0 Å². The van der Waals surface area contributed by atoms with Crippen molar-refractivity contribution < 1.29 is 28.2 Å². The molecule has 4 heterocycles. The molecular formula is C34H31N7O7S. The van der Waals surface area contributed by atoms with Gasteiger partial charge in [-0.1, -0.05) is 6.07 Å². The van der Waals surface area contributed by atoms with E-state index < -0.39 is 12.2 Å². The van der Waals surface area contributed by atoms with Gasteiger partial charge in [0.05, 0.1) is 38.8 Å². The molecule has 3 aliphatic rings. The van der Waals surface area contributed by atoms with Crippen LogP contribution < -0.4 is 26.5 Å². The number of nitrogen functional groups attached to an aromatic ring is 1. The van der Waals surface area contributed by atoms with E-state index in [1.165, 1.54) is 25.6 Å². The number of esters is 1. The maximum Gasteiger partial charge on any atom is 0.338 e. The van der Waals surface area contributed by atoms with E-state index in [1.807, 2.05) is 16.7 Å². The van der Waals surface area contributed by atoms with Crippen LogP contribution in [0.25, 0.3) is 44.6 Å². The average molecular weight is 682 g/mol. The first-order chi connectivity index (χ1) is 23.8. The van der Waals surface area contributed by atoms with Crippen LogP contribution in [-0.2, 0) is 14.2 Å². The molecule has 2 aromatic heterocycles. The summed E-state index contributed by atoms with van der Waals surface area (Å²) in [5.41, 5.74) is 10.1. The molecule has 0 spiro atoms. The fourth-order valence-corrected chi connectivity index (χ4v) is 6.44. The first kappa shape index (κ1) is 31.9. The molecule has 4 aromatic rings. The highest BCUT2D eigenvalue weighted by Gasteiger charge is 2.37. The molecule has 0 radical (unpaired) electrons. The molecule has 3 atom stereocenters. The number of hydrogen-bond acceptors (Lipinski definition) is 12. The van der Waals surface area contributed by atoms with Gasteiger partial charge in [0.15, 0.2) is 22.0 Å².